The van der Waals surface area contributed by atoms with Gasteiger partial charge in [0.1, 0.15) is 5.65 Å². The van der Waals surface area contributed by atoms with Crippen LogP contribution in [0.3, 0.4) is 0 Å². The molecular weight excluding hydrogens is 507 g/mol. The molecule has 3 aromatic heterocycles. The van der Waals surface area contributed by atoms with Crippen molar-refractivity contribution in [2.24, 2.45) is 12.0 Å². The Kier molecular flexibility index (Phi) is 7.10. The van der Waals surface area contributed by atoms with Crippen LogP contribution in [0.5, 0.6) is 0 Å². The average Bonchev–Trinajstić information content (AvgIpc) is 3.12. The highest BCUT2D eigenvalue weighted by Crippen LogP contribution is 2.15. The minimum atomic E-state index is 0. The second kappa shape index (κ2) is 8.90. The van der Waals surface area contributed by atoms with Crippen molar-refractivity contribution in [1.82, 2.24) is 24.2 Å². The number of rotatable bonds is 4. The summed E-state index contributed by atoms with van der Waals surface area (Å²) in [4.78, 5) is 11.1. The number of aliphatic imine (C=N–C) groups is 1. The second-order valence-electron chi connectivity index (χ2n) is 6.14. The monoisotopic (exact) mass is 530 g/mol. The Hall–Kier alpha value is -1.55. The number of pyridine rings is 1. The minimum Gasteiger partial charge on any atom is -0.352 e. The first-order chi connectivity index (χ1) is 12.0. The van der Waals surface area contributed by atoms with Crippen LogP contribution in [-0.2, 0) is 20.1 Å². The zero-order valence-corrected chi connectivity index (χ0v) is 19.3. The van der Waals surface area contributed by atoms with Gasteiger partial charge in [-0.05, 0) is 41.1 Å². The molecule has 26 heavy (non-hydrogen) atoms. The van der Waals surface area contributed by atoms with E-state index in [9.17, 15) is 0 Å². The Balaban J connectivity index is 0.00000243. The number of fused-ring (bicyclic) bond motifs is 1. The first-order valence-electron chi connectivity index (χ1n) is 8.14. The van der Waals surface area contributed by atoms with Crippen molar-refractivity contribution >= 4 is 51.5 Å². The van der Waals surface area contributed by atoms with Crippen molar-refractivity contribution < 1.29 is 0 Å². The van der Waals surface area contributed by atoms with Gasteiger partial charge in [-0.1, -0.05) is 6.07 Å². The SMILES string of the molecule is CN=C(NCc1cn2c(C)cccc2n1)N(C)Cc1cc(Br)cn1C.I. The zero-order chi connectivity index (χ0) is 18.0. The van der Waals surface area contributed by atoms with Gasteiger partial charge in [0.2, 0.25) is 0 Å². The van der Waals surface area contributed by atoms with E-state index in [0.29, 0.717) is 6.54 Å². The lowest BCUT2D eigenvalue weighted by Crippen LogP contribution is -2.38. The predicted molar refractivity (Wildman–Crippen MR) is 120 cm³/mol. The third kappa shape index (κ3) is 4.59. The van der Waals surface area contributed by atoms with Crippen LogP contribution in [0, 0.1) is 6.92 Å². The molecule has 0 aliphatic carbocycles. The van der Waals surface area contributed by atoms with Crippen molar-refractivity contribution in [3.8, 4) is 0 Å². The maximum Gasteiger partial charge on any atom is 0.194 e. The number of hydrogen-bond acceptors (Lipinski definition) is 2. The van der Waals surface area contributed by atoms with Crippen LogP contribution >= 0.6 is 39.9 Å². The molecule has 0 aliphatic rings. The fourth-order valence-corrected chi connectivity index (χ4v) is 3.45. The summed E-state index contributed by atoms with van der Waals surface area (Å²) in [5, 5.41) is 3.39. The number of imidazole rings is 1. The van der Waals surface area contributed by atoms with E-state index in [1.54, 1.807) is 7.05 Å². The van der Waals surface area contributed by atoms with Gasteiger partial charge in [0, 0.05) is 49.4 Å². The van der Waals surface area contributed by atoms with Crippen molar-refractivity contribution in [3.05, 3.63) is 58.2 Å². The van der Waals surface area contributed by atoms with Gasteiger partial charge in [0.25, 0.3) is 0 Å². The first kappa shape index (κ1) is 20.8. The molecule has 3 rings (SSSR count). The van der Waals surface area contributed by atoms with Crippen molar-refractivity contribution in [1.29, 1.82) is 0 Å². The van der Waals surface area contributed by atoms with Crippen LogP contribution in [0.25, 0.3) is 5.65 Å². The topological polar surface area (TPSA) is 49.9 Å². The summed E-state index contributed by atoms with van der Waals surface area (Å²) in [6, 6.07) is 8.25. The fraction of sp³-hybridized carbons (Fsp3) is 0.333. The quantitative estimate of drug-likeness (QED) is 0.319. The number of aryl methyl sites for hydroxylation is 2. The molecule has 0 fully saturated rings. The Bertz CT molecular complexity index is 914. The van der Waals surface area contributed by atoms with E-state index < -0.39 is 0 Å². The van der Waals surface area contributed by atoms with Gasteiger partial charge < -0.3 is 19.2 Å². The van der Waals surface area contributed by atoms with Gasteiger partial charge in [-0.15, -0.1) is 24.0 Å². The zero-order valence-electron chi connectivity index (χ0n) is 15.4. The number of halogens is 2. The fourth-order valence-electron chi connectivity index (χ4n) is 2.88. The summed E-state index contributed by atoms with van der Waals surface area (Å²) in [6.07, 6.45) is 4.12. The van der Waals surface area contributed by atoms with Gasteiger partial charge in [0.05, 0.1) is 18.8 Å². The third-order valence-corrected chi connectivity index (χ3v) is 4.65. The van der Waals surface area contributed by atoms with Crippen LogP contribution in [0.1, 0.15) is 17.1 Å². The van der Waals surface area contributed by atoms with Crippen LogP contribution in [0.2, 0.25) is 0 Å². The number of nitrogens with zero attached hydrogens (tertiary/aromatic N) is 5. The van der Waals surface area contributed by atoms with Crippen LogP contribution < -0.4 is 5.32 Å². The molecule has 3 heterocycles. The molecule has 0 saturated carbocycles. The summed E-state index contributed by atoms with van der Waals surface area (Å²) in [6.45, 7) is 3.48. The van der Waals surface area contributed by atoms with Gasteiger partial charge in [-0.2, -0.15) is 0 Å². The lowest BCUT2D eigenvalue weighted by Gasteiger charge is -2.22. The lowest BCUT2D eigenvalue weighted by molar-refractivity contribution is 0.461. The average molecular weight is 531 g/mol. The van der Waals surface area contributed by atoms with Crippen molar-refractivity contribution in [2.75, 3.05) is 14.1 Å². The summed E-state index contributed by atoms with van der Waals surface area (Å²) in [5.41, 5.74) is 4.34. The summed E-state index contributed by atoms with van der Waals surface area (Å²) in [7, 11) is 5.88. The molecule has 0 saturated heterocycles. The van der Waals surface area contributed by atoms with E-state index in [1.807, 2.05) is 26.2 Å². The Morgan fingerprint density at radius 3 is 2.73 bits per heavy atom. The van der Waals surface area contributed by atoms with Gasteiger partial charge in [-0.25, -0.2) is 4.98 Å². The molecule has 3 aromatic rings. The Labute approximate surface area is 179 Å². The summed E-state index contributed by atoms with van der Waals surface area (Å²) in [5.74, 6) is 0.839. The maximum absolute atomic E-state index is 4.66. The molecule has 0 atom stereocenters. The maximum atomic E-state index is 4.66. The van der Waals surface area contributed by atoms with E-state index in [4.69, 9.17) is 0 Å². The van der Waals surface area contributed by atoms with Gasteiger partial charge >= 0.3 is 0 Å². The second-order valence-corrected chi connectivity index (χ2v) is 7.06. The van der Waals surface area contributed by atoms with Crippen LogP contribution in [0.15, 0.2) is 46.1 Å². The molecule has 0 amide bonds. The van der Waals surface area contributed by atoms with E-state index in [2.05, 4.69) is 76.5 Å². The van der Waals surface area contributed by atoms with Gasteiger partial charge in [-0.3, -0.25) is 4.99 Å². The highest BCUT2D eigenvalue weighted by molar-refractivity contribution is 14.0. The molecule has 8 heteroatoms. The van der Waals surface area contributed by atoms with Gasteiger partial charge in [0.15, 0.2) is 5.96 Å². The molecule has 0 aromatic carbocycles. The molecule has 1 N–H and O–H groups in total. The van der Waals surface area contributed by atoms with Crippen molar-refractivity contribution in [3.63, 3.8) is 0 Å². The molecule has 0 radical (unpaired) electrons. The summed E-state index contributed by atoms with van der Waals surface area (Å²) < 4.78 is 5.30. The minimum absolute atomic E-state index is 0. The number of hydrogen-bond donors (Lipinski definition) is 1. The van der Waals surface area contributed by atoms with Crippen LogP contribution in [0.4, 0.5) is 0 Å². The van der Waals surface area contributed by atoms with E-state index in [1.165, 1.54) is 11.4 Å². The van der Waals surface area contributed by atoms with E-state index in [-0.39, 0.29) is 24.0 Å². The number of aromatic nitrogens is 3. The van der Waals surface area contributed by atoms with Crippen molar-refractivity contribution in [2.45, 2.75) is 20.0 Å². The van der Waals surface area contributed by atoms with Crippen LogP contribution in [-0.4, -0.2) is 38.9 Å². The predicted octanol–water partition coefficient (Wildman–Crippen LogP) is 3.57. The molecular formula is C18H24BrIN6. The number of nitrogens with one attached hydrogen (secondary N) is 1. The molecule has 0 spiro atoms. The highest BCUT2D eigenvalue weighted by Gasteiger charge is 2.10. The molecule has 0 unspecified atom stereocenters. The Morgan fingerprint density at radius 2 is 2.12 bits per heavy atom. The normalized spacial score (nSPS) is 11.5. The third-order valence-electron chi connectivity index (χ3n) is 4.22. The van der Waals surface area contributed by atoms with E-state index in [0.717, 1.165) is 28.3 Å². The lowest BCUT2D eigenvalue weighted by atomic mass is 10.4. The highest BCUT2D eigenvalue weighted by atomic mass is 127. The standard InChI is InChI=1S/C18H23BrN6.HI/c1-13-6-5-7-17-22-15(11-25(13)17)9-21-18(20-2)24(4)12-16-8-14(19)10-23(16)3;/h5-8,10-11H,9,12H2,1-4H3,(H,20,21);1H. The van der Waals surface area contributed by atoms with E-state index >= 15 is 0 Å². The smallest absolute Gasteiger partial charge is 0.194 e. The molecule has 6 nitrogen and oxygen atoms in total. The Morgan fingerprint density at radius 1 is 1.35 bits per heavy atom. The number of guanidine groups is 1. The largest absolute Gasteiger partial charge is 0.352 e. The molecule has 0 bridgehead atoms. The molecule has 140 valence electrons. The molecule has 0 aliphatic heterocycles. The summed E-state index contributed by atoms with van der Waals surface area (Å²) >= 11 is 3.52. The first-order valence-corrected chi connectivity index (χ1v) is 8.93.